The van der Waals surface area contributed by atoms with Crippen LogP contribution in [0.2, 0.25) is 0 Å². The Kier molecular flexibility index (Phi) is 4.84. The highest BCUT2D eigenvalue weighted by atomic mass is 16.6. The van der Waals surface area contributed by atoms with Crippen LogP contribution in [0.25, 0.3) is 0 Å². The zero-order valence-corrected chi connectivity index (χ0v) is 13.6. The standard InChI is InChI=1S/C16H11N5O6/c22-15(11-7-12(20(23)24)9-13(8-11)21(25)26)17-16-19-18-14(27-16)6-10-4-2-1-3-5-10/h1-5,7-9H,6H2,(H,17,19,22). The van der Waals surface area contributed by atoms with E-state index in [-0.39, 0.29) is 17.5 Å². The van der Waals surface area contributed by atoms with E-state index in [0.717, 1.165) is 23.8 Å². The lowest BCUT2D eigenvalue weighted by atomic mass is 10.1. The SMILES string of the molecule is O=C(Nc1nnc(Cc2ccccc2)o1)c1cc([N+](=O)[O-])cc([N+](=O)[O-])c1. The molecule has 27 heavy (non-hydrogen) atoms. The summed E-state index contributed by atoms with van der Waals surface area (Å²) in [5.41, 5.74) is -0.513. The molecular formula is C16H11N5O6. The van der Waals surface area contributed by atoms with Crippen LogP contribution in [0.4, 0.5) is 17.4 Å². The van der Waals surface area contributed by atoms with E-state index in [2.05, 4.69) is 15.5 Å². The Morgan fingerprint density at radius 2 is 1.63 bits per heavy atom. The van der Waals surface area contributed by atoms with Gasteiger partial charge in [-0.1, -0.05) is 35.4 Å². The number of carbonyl (C=O) groups excluding carboxylic acids is 1. The Balaban J connectivity index is 1.77. The monoisotopic (exact) mass is 369 g/mol. The quantitative estimate of drug-likeness (QED) is 0.513. The molecule has 1 aromatic heterocycles. The van der Waals surface area contributed by atoms with Crippen molar-refractivity contribution in [1.29, 1.82) is 0 Å². The molecule has 0 aliphatic rings. The Morgan fingerprint density at radius 3 is 2.22 bits per heavy atom. The largest absolute Gasteiger partial charge is 0.407 e. The van der Waals surface area contributed by atoms with Crippen LogP contribution < -0.4 is 5.32 Å². The van der Waals surface area contributed by atoms with Gasteiger partial charge in [-0.05, 0) is 5.56 Å². The molecule has 0 radical (unpaired) electrons. The van der Waals surface area contributed by atoms with Crippen molar-refractivity contribution in [3.63, 3.8) is 0 Å². The highest BCUT2D eigenvalue weighted by Crippen LogP contribution is 2.23. The van der Waals surface area contributed by atoms with Crippen molar-refractivity contribution >= 4 is 23.3 Å². The first-order valence-electron chi connectivity index (χ1n) is 7.54. The van der Waals surface area contributed by atoms with Gasteiger partial charge < -0.3 is 4.42 Å². The molecule has 0 unspecified atom stereocenters. The van der Waals surface area contributed by atoms with Crippen molar-refractivity contribution in [2.24, 2.45) is 0 Å². The smallest absolute Gasteiger partial charge is 0.322 e. The molecule has 0 aliphatic heterocycles. The third-order valence-corrected chi connectivity index (χ3v) is 3.47. The molecular weight excluding hydrogens is 358 g/mol. The number of hydrogen-bond donors (Lipinski definition) is 1. The van der Waals surface area contributed by atoms with Crippen molar-refractivity contribution in [2.75, 3.05) is 5.32 Å². The van der Waals surface area contributed by atoms with Gasteiger partial charge in [0.1, 0.15) is 0 Å². The van der Waals surface area contributed by atoms with E-state index in [1.807, 2.05) is 30.3 Å². The predicted octanol–water partition coefficient (Wildman–Crippen LogP) is 2.73. The van der Waals surface area contributed by atoms with Gasteiger partial charge in [-0.3, -0.25) is 30.3 Å². The summed E-state index contributed by atoms with van der Waals surface area (Å²) in [6, 6.07) is 11.7. The number of nitrogens with zero attached hydrogens (tertiary/aromatic N) is 4. The molecule has 136 valence electrons. The molecule has 0 saturated carbocycles. The molecule has 3 aromatic rings. The van der Waals surface area contributed by atoms with Crippen LogP contribution in [0.5, 0.6) is 0 Å². The van der Waals surface area contributed by atoms with Crippen molar-refractivity contribution in [1.82, 2.24) is 10.2 Å². The van der Waals surface area contributed by atoms with Crippen molar-refractivity contribution in [2.45, 2.75) is 6.42 Å². The number of amides is 1. The number of nitro groups is 2. The molecule has 1 N–H and O–H groups in total. The Morgan fingerprint density at radius 1 is 1.00 bits per heavy atom. The summed E-state index contributed by atoms with van der Waals surface area (Å²) in [6.07, 6.45) is 0.353. The minimum Gasteiger partial charge on any atom is -0.407 e. The lowest BCUT2D eigenvalue weighted by Gasteiger charge is -2.01. The van der Waals surface area contributed by atoms with Crippen molar-refractivity contribution in [3.05, 3.63) is 85.8 Å². The second-order valence-electron chi connectivity index (χ2n) is 5.37. The molecule has 3 rings (SSSR count). The Hall–Kier alpha value is -4.15. The topological polar surface area (TPSA) is 154 Å². The summed E-state index contributed by atoms with van der Waals surface area (Å²) in [5.74, 6) is -0.599. The number of aromatic nitrogens is 2. The van der Waals surface area contributed by atoms with Crippen LogP contribution >= 0.6 is 0 Å². The van der Waals surface area contributed by atoms with Crippen LogP contribution in [0.15, 0.2) is 52.9 Å². The van der Waals surface area contributed by atoms with Crippen molar-refractivity contribution in [3.8, 4) is 0 Å². The summed E-state index contributed by atoms with van der Waals surface area (Å²) < 4.78 is 5.31. The minimum atomic E-state index is -0.850. The third-order valence-electron chi connectivity index (χ3n) is 3.47. The molecule has 0 spiro atoms. The van der Waals surface area contributed by atoms with Crippen LogP contribution in [-0.4, -0.2) is 26.0 Å². The average molecular weight is 369 g/mol. The average Bonchev–Trinajstić information content (AvgIpc) is 3.08. The normalized spacial score (nSPS) is 10.4. The molecule has 0 bridgehead atoms. The molecule has 1 heterocycles. The summed E-state index contributed by atoms with van der Waals surface area (Å²) in [4.78, 5) is 32.4. The van der Waals surface area contributed by atoms with E-state index in [0.29, 0.717) is 6.42 Å². The first-order valence-corrected chi connectivity index (χ1v) is 7.54. The van der Waals surface area contributed by atoms with Crippen LogP contribution in [0, 0.1) is 20.2 Å². The number of nitrogens with one attached hydrogen (secondary N) is 1. The maximum Gasteiger partial charge on any atom is 0.322 e. The van der Waals surface area contributed by atoms with Gasteiger partial charge in [0, 0.05) is 12.1 Å². The second-order valence-corrected chi connectivity index (χ2v) is 5.37. The van der Waals surface area contributed by atoms with Crippen LogP contribution in [-0.2, 0) is 6.42 Å². The first kappa shape index (κ1) is 17.7. The van der Waals surface area contributed by atoms with E-state index < -0.39 is 27.1 Å². The molecule has 0 fully saturated rings. The molecule has 11 heteroatoms. The number of nitro benzene ring substituents is 2. The highest BCUT2D eigenvalue weighted by molar-refractivity contribution is 6.04. The van der Waals surface area contributed by atoms with Gasteiger partial charge in [-0.15, -0.1) is 5.10 Å². The fourth-order valence-electron chi connectivity index (χ4n) is 2.25. The first-order chi connectivity index (χ1) is 12.9. The van der Waals surface area contributed by atoms with Gasteiger partial charge in [-0.25, -0.2) is 0 Å². The lowest BCUT2D eigenvalue weighted by molar-refractivity contribution is -0.394. The third kappa shape index (κ3) is 4.28. The Bertz CT molecular complexity index is 985. The fraction of sp³-hybridized carbons (Fsp3) is 0.0625. The van der Waals surface area contributed by atoms with E-state index in [4.69, 9.17) is 4.42 Å². The van der Waals surface area contributed by atoms with Gasteiger partial charge in [0.2, 0.25) is 5.89 Å². The van der Waals surface area contributed by atoms with Crippen LogP contribution in [0.1, 0.15) is 21.8 Å². The van der Waals surface area contributed by atoms with Gasteiger partial charge >= 0.3 is 6.01 Å². The molecule has 2 aromatic carbocycles. The number of hydrogen-bond acceptors (Lipinski definition) is 8. The number of rotatable bonds is 6. The maximum absolute atomic E-state index is 12.2. The van der Waals surface area contributed by atoms with Gasteiger partial charge in [0.25, 0.3) is 17.3 Å². The number of benzene rings is 2. The molecule has 0 aliphatic carbocycles. The molecule has 11 nitrogen and oxygen atoms in total. The van der Waals surface area contributed by atoms with Gasteiger partial charge in [0.05, 0.1) is 27.9 Å². The summed E-state index contributed by atoms with van der Waals surface area (Å²) in [6.45, 7) is 0. The highest BCUT2D eigenvalue weighted by Gasteiger charge is 2.21. The van der Waals surface area contributed by atoms with E-state index in [1.165, 1.54) is 0 Å². The van der Waals surface area contributed by atoms with E-state index in [1.54, 1.807) is 0 Å². The summed E-state index contributed by atoms with van der Waals surface area (Å²) in [5, 5.41) is 31.5. The lowest BCUT2D eigenvalue weighted by Crippen LogP contribution is -2.13. The summed E-state index contributed by atoms with van der Waals surface area (Å²) >= 11 is 0. The predicted molar refractivity (Wildman–Crippen MR) is 91.3 cm³/mol. The van der Waals surface area contributed by atoms with Crippen LogP contribution in [0.3, 0.4) is 0 Å². The summed E-state index contributed by atoms with van der Waals surface area (Å²) in [7, 11) is 0. The van der Waals surface area contributed by atoms with Gasteiger partial charge in [-0.2, -0.15) is 0 Å². The number of anilines is 1. The fourth-order valence-corrected chi connectivity index (χ4v) is 2.25. The Labute approximate surface area is 150 Å². The molecule has 0 atom stereocenters. The zero-order chi connectivity index (χ0) is 19.4. The second kappa shape index (κ2) is 7.39. The number of carbonyl (C=O) groups is 1. The number of non-ortho nitro benzene ring substituents is 2. The molecule has 1 amide bonds. The molecule has 0 saturated heterocycles. The minimum absolute atomic E-state index is 0.222. The van der Waals surface area contributed by atoms with E-state index in [9.17, 15) is 25.0 Å². The maximum atomic E-state index is 12.2. The van der Waals surface area contributed by atoms with Crippen molar-refractivity contribution < 1.29 is 19.1 Å². The van der Waals surface area contributed by atoms with Gasteiger partial charge in [0.15, 0.2) is 0 Å². The zero-order valence-electron chi connectivity index (χ0n) is 13.6. The van der Waals surface area contributed by atoms with E-state index >= 15 is 0 Å².